The summed E-state index contributed by atoms with van der Waals surface area (Å²) in [5.41, 5.74) is 6.39. The molecule has 0 saturated carbocycles. The predicted octanol–water partition coefficient (Wildman–Crippen LogP) is 3.52. The van der Waals surface area contributed by atoms with E-state index in [0.29, 0.717) is 17.7 Å². The van der Waals surface area contributed by atoms with Gasteiger partial charge in [0.1, 0.15) is 11.5 Å². The fraction of sp³-hybridized carbons (Fsp3) is 0.276. The topological polar surface area (TPSA) is 188 Å². The van der Waals surface area contributed by atoms with Crippen molar-refractivity contribution in [1.29, 1.82) is 5.41 Å². The number of nitrogens with zero attached hydrogens (tertiary/aromatic N) is 1. The summed E-state index contributed by atoms with van der Waals surface area (Å²) in [6.45, 7) is 5.69. The molecule has 0 radical (unpaired) electrons. The molecule has 3 aromatic rings. The van der Waals surface area contributed by atoms with Crippen LogP contribution in [0.4, 0.5) is 5.69 Å². The standard InChI is InChI=1S/C29H33N5O6/c1-29(2,3)14-19(15-35)33-26(36)17-7-10-20(22(13-17)28(38)39)21-11-12-23(40-4)34-24(21)27(37)32-18-8-5-16(6-9-18)25(30)31/h5-13,19,35H,14-15H2,1-4H3,(H3,30,31)(H,32,37)(H,33,36)(H,38,39). The Bertz CT molecular complexity index is 1430. The molecule has 0 aliphatic rings. The van der Waals surface area contributed by atoms with E-state index in [1.165, 1.54) is 37.4 Å². The van der Waals surface area contributed by atoms with E-state index in [1.807, 2.05) is 20.8 Å². The highest BCUT2D eigenvalue weighted by molar-refractivity contribution is 6.10. The van der Waals surface area contributed by atoms with E-state index in [4.69, 9.17) is 15.9 Å². The Balaban J connectivity index is 1.99. The van der Waals surface area contributed by atoms with Gasteiger partial charge >= 0.3 is 5.97 Å². The molecular weight excluding hydrogens is 514 g/mol. The predicted molar refractivity (Wildman–Crippen MR) is 151 cm³/mol. The third-order valence-electron chi connectivity index (χ3n) is 5.96. The lowest BCUT2D eigenvalue weighted by molar-refractivity contribution is 0.0697. The van der Waals surface area contributed by atoms with Gasteiger partial charge in [-0.2, -0.15) is 0 Å². The molecule has 210 valence electrons. The van der Waals surface area contributed by atoms with Gasteiger partial charge < -0.3 is 31.3 Å². The van der Waals surface area contributed by atoms with E-state index in [2.05, 4.69) is 15.6 Å². The number of aromatic nitrogens is 1. The van der Waals surface area contributed by atoms with Crippen LogP contribution >= 0.6 is 0 Å². The van der Waals surface area contributed by atoms with E-state index >= 15 is 0 Å². The van der Waals surface area contributed by atoms with E-state index in [0.717, 1.165) is 0 Å². The van der Waals surface area contributed by atoms with Crippen LogP contribution in [-0.2, 0) is 0 Å². The van der Waals surface area contributed by atoms with E-state index in [9.17, 15) is 24.6 Å². The van der Waals surface area contributed by atoms with Gasteiger partial charge in [0.05, 0.1) is 25.3 Å². The Kier molecular flexibility index (Phi) is 9.23. The second-order valence-electron chi connectivity index (χ2n) is 10.4. The molecule has 0 aliphatic heterocycles. The summed E-state index contributed by atoms with van der Waals surface area (Å²) < 4.78 is 5.18. The largest absolute Gasteiger partial charge is 0.481 e. The molecule has 1 atom stereocenters. The zero-order valence-corrected chi connectivity index (χ0v) is 22.7. The number of hydrogen-bond acceptors (Lipinski definition) is 7. The highest BCUT2D eigenvalue weighted by Gasteiger charge is 2.24. The number of ether oxygens (including phenoxy) is 1. The van der Waals surface area contributed by atoms with Crippen LogP contribution in [0.15, 0.2) is 54.6 Å². The van der Waals surface area contributed by atoms with E-state index in [1.54, 1.807) is 24.3 Å². The number of carbonyl (C=O) groups is 3. The number of rotatable bonds is 10. The lowest BCUT2D eigenvalue weighted by Crippen LogP contribution is -2.40. The summed E-state index contributed by atoms with van der Waals surface area (Å²) >= 11 is 0. The van der Waals surface area contributed by atoms with Crippen LogP contribution in [0.2, 0.25) is 0 Å². The summed E-state index contributed by atoms with van der Waals surface area (Å²) in [6, 6.07) is 12.9. The Morgan fingerprint density at radius 3 is 2.17 bits per heavy atom. The number of nitrogen functional groups attached to an aromatic ring is 1. The number of carboxylic acid groups (broad SMARTS) is 1. The number of aliphatic hydroxyl groups is 1. The minimum atomic E-state index is -1.31. The highest BCUT2D eigenvalue weighted by atomic mass is 16.5. The number of methoxy groups -OCH3 is 1. The maximum atomic E-state index is 13.3. The number of nitrogens with two attached hydrogens (primary N) is 1. The Morgan fingerprint density at radius 1 is 1.00 bits per heavy atom. The SMILES string of the molecule is COc1ccc(-c2ccc(C(=O)NC(CO)CC(C)(C)C)cc2C(=O)O)c(C(=O)Nc2ccc(C(=N)N)cc2)n1. The van der Waals surface area contributed by atoms with Crippen molar-refractivity contribution < 1.29 is 29.3 Å². The number of amides is 2. The number of benzene rings is 2. The monoisotopic (exact) mass is 547 g/mol. The first kappa shape index (κ1) is 29.8. The molecule has 0 spiro atoms. The molecule has 0 aliphatic carbocycles. The molecule has 0 saturated heterocycles. The summed E-state index contributed by atoms with van der Waals surface area (Å²) in [7, 11) is 1.39. The number of amidine groups is 1. The molecule has 1 heterocycles. The minimum absolute atomic E-state index is 0.0894. The third-order valence-corrected chi connectivity index (χ3v) is 5.96. The Labute approximate surface area is 231 Å². The van der Waals surface area contributed by atoms with Gasteiger partial charge in [0.15, 0.2) is 0 Å². The van der Waals surface area contributed by atoms with Crippen LogP contribution in [0.25, 0.3) is 11.1 Å². The van der Waals surface area contributed by atoms with Gasteiger partial charge in [0.25, 0.3) is 11.8 Å². The fourth-order valence-corrected chi connectivity index (χ4v) is 4.14. The molecular formula is C29H33N5O6. The van der Waals surface area contributed by atoms with Gasteiger partial charge in [-0.1, -0.05) is 26.8 Å². The first-order chi connectivity index (χ1) is 18.8. The van der Waals surface area contributed by atoms with Crippen molar-refractivity contribution in [3.05, 3.63) is 77.0 Å². The lowest BCUT2D eigenvalue weighted by atomic mass is 9.88. The maximum Gasteiger partial charge on any atom is 0.336 e. The zero-order chi connectivity index (χ0) is 29.6. The smallest absolute Gasteiger partial charge is 0.336 e. The van der Waals surface area contributed by atoms with Crippen LogP contribution in [0.3, 0.4) is 0 Å². The van der Waals surface area contributed by atoms with E-state index < -0.39 is 23.8 Å². The van der Waals surface area contributed by atoms with Gasteiger partial charge in [-0.05, 0) is 59.9 Å². The minimum Gasteiger partial charge on any atom is -0.481 e. The number of anilines is 1. The van der Waals surface area contributed by atoms with Crippen LogP contribution in [0.5, 0.6) is 5.88 Å². The molecule has 1 aromatic heterocycles. The molecule has 7 N–H and O–H groups in total. The number of aliphatic hydroxyl groups excluding tert-OH is 1. The number of aromatic carboxylic acids is 1. The molecule has 11 heteroatoms. The number of carbonyl (C=O) groups excluding carboxylic acids is 2. The van der Waals surface area contributed by atoms with E-state index in [-0.39, 0.29) is 51.7 Å². The summed E-state index contributed by atoms with van der Waals surface area (Å²) in [5, 5.41) is 32.7. The van der Waals surface area contributed by atoms with Crippen molar-refractivity contribution >= 4 is 29.3 Å². The molecule has 3 rings (SSSR count). The highest BCUT2D eigenvalue weighted by Crippen LogP contribution is 2.30. The molecule has 11 nitrogen and oxygen atoms in total. The average molecular weight is 548 g/mol. The normalized spacial score (nSPS) is 11.8. The van der Waals surface area contributed by atoms with Crippen LogP contribution < -0.4 is 21.1 Å². The van der Waals surface area contributed by atoms with Crippen molar-refractivity contribution in [2.45, 2.75) is 33.2 Å². The fourth-order valence-electron chi connectivity index (χ4n) is 4.14. The second-order valence-corrected chi connectivity index (χ2v) is 10.4. The van der Waals surface area contributed by atoms with Crippen LogP contribution in [-0.4, -0.2) is 58.6 Å². The van der Waals surface area contributed by atoms with Crippen LogP contribution in [0.1, 0.15) is 64.0 Å². The van der Waals surface area contributed by atoms with Gasteiger partial charge in [0, 0.05) is 28.4 Å². The van der Waals surface area contributed by atoms with Crippen molar-refractivity contribution in [2.24, 2.45) is 11.1 Å². The molecule has 2 aromatic carbocycles. The average Bonchev–Trinajstić information content (AvgIpc) is 2.91. The van der Waals surface area contributed by atoms with Gasteiger partial charge in [-0.3, -0.25) is 15.0 Å². The first-order valence-electron chi connectivity index (χ1n) is 12.4. The lowest BCUT2D eigenvalue weighted by Gasteiger charge is -2.25. The quantitative estimate of drug-likeness (QED) is 0.164. The molecule has 40 heavy (non-hydrogen) atoms. The van der Waals surface area contributed by atoms with Crippen molar-refractivity contribution in [3.63, 3.8) is 0 Å². The maximum absolute atomic E-state index is 13.3. The van der Waals surface area contributed by atoms with Gasteiger partial charge in [-0.15, -0.1) is 0 Å². The summed E-state index contributed by atoms with van der Waals surface area (Å²) in [6.07, 6.45) is 0.520. The van der Waals surface area contributed by atoms with Gasteiger partial charge in [0.2, 0.25) is 5.88 Å². The first-order valence-corrected chi connectivity index (χ1v) is 12.4. The Morgan fingerprint density at radius 2 is 1.62 bits per heavy atom. The zero-order valence-electron chi connectivity index (χ0n) is 22.7. The number of hydrogen-bond donors (Lipinski definition) is 6. The molecule has 0 fully saturated rings. The second kappa shape index (κ2) is 12.4. The van der Waals surface area contributed by atoms with Crippen molar-refractivity contribution in [2.75, 3.05) is 19.0 Å². The van der Waals surface area contributed by atoms with Gasteiger partial charge in [-0.25, -0.2) is 9.78 Å². The third kappa shape index (κ3) is 7.41. The molecule has 0 bridgehead atoms. The van der Waals surface area contributed by atoms with Crippen LogP contribution in [0, 0.1) is 10.8 Å². The molecule has 2 amide bonds. The number of pyridine rings is 1. The summed E-state index contributed by atoms with van der Waals surface area (Å²) in [4.78, 5) is 42.7. The molecule has 1 unspecified atom stereocenters. The number of carboxylic acids is 1. The van der Waals surface area contributed by atoms with Crippen molar-refractivity contribution in [1.82, 2.24) is 10.3 Å². The van der Waals surface area contributed by atoms with Crippen molar-refractivity contribution in [3.8, 4) is 17.0 Å². The number of nitrogens with one attached hydrogen (secondary N) is 3. The summed E-state index contributed by atoms with van der Waals surface area (Å²) in [5.74, 6) is -2.44. The Hall–Kier alpha value is -4.77.